The van der Waals surface area contributed by atoms with Gasteiger partial charge in [-0.15, -0.1) is 0 Å². The van der Waals surface area contributed by atoms with Crippen LogP contribution >= 0.6 is 0 Å². The van der Waals surface area contributed by atoms with Crippen LogP contribution in [0.15, 0.2) is 40.8 Å². The largest absolute Gasteiger partial charge is 0.493 e. The molecule has 7 heteroatoms. The van der Waals surface area contributed by atoms with E-state index in [1.165, 1.54) is 4.90 Å². The van der Waals surface area contributed by atoms with Crippen molar-refractivity contribution in [2.45, 2.75) is 20.0 Å². The van der Waals surface area contributed by atoms with E-state index in [1.54, 1.807) is 38.3 Å². The van der Waals surface area contributed by atoms with E-state index in [0.717, 1.165) is 0 Å². The number of carboxylic acid groups (broad SMARTS) is 1. The molecule has 1 saturated heterocycles. The van der Waals surface area contributed by atoms with Crippen molar-refractivity contribution in [2.24, 2.45) is 5.41 Å². The van der Waals surface area contributed by atoms with Crippen LogP contribution in [-0.4, -0.2) is 42.1 Å². The first-order valence-corrected chi connectivity index (χ1v) is 8.30. The molecule has 1 atom stereocenters. The predicted octanol–water partition coefficient (Wildman–Crippen LogP) is 2.80. The number of nitrogens with zero attached hydrogens (tertiary/aromatic N) is 1. The number of rotatable bonds is 6. The van der Waals surface area contributed by atoms with E-state index in [-0.39, 0.29) is 24.8 Å². The number of hydrogen-bond donors (Lipinski definition) is 1. The highest BCUT2D eigenvalue weighted by Crippen LogP contribution is 2.31. The molecule has 138 valence electrons. The highest BCUT2D eigenvalue weighted by molar-refractivity contribution is 5.92. The van der Waals surface area contributed by atoms with Crippen molar-refractivity contribution in [3.8, 4) is 11.5 Å². The SMILES string of the molecule is COc1ccccc1OCc1ccc(C(=O)N2CC[C@@](C)(C(=O)O)C2)o1. The number of hydrogen-bond acceptors (Lipinski definition) is 5. The summed E-state index contributed by atoms with van der Waals surface area (Å²) in [6.07, 6.45) is 0.429. The second kappa shape index (κ2) is 7.11. The Morgan fingerprint density at radius 3 is 2.62 bits per heavy atom. The number of methoxy groups -OCH3 is 1. The third-order valence-corrected chi connectivity index (χ3v) is 4.59. The maximum absolute atomic E-state index is 12.5. The molecule has 1 amide bonds. The van der Waals surface area contributed by atoms with Crippen molar-refractivity contribution in [1.82, 2.24) is 4.90 Å². The van der Waals surface area contributed by atoms with Gasteiger partial charge in [0.05, 0.1) is 12.5 Å². The molecule has 0 saturated carbocycles. The lowest BCUT2D eigenvalue weighted by Gasteiger charge is -2.19. The Hall–Kier alpha value is -2.96. The molecular weight excluding hydrogens is 338 g/mol. The van der Waals surface area contributed by atoms with Crippen molar-refractivity contribution in [3.63, 3.8) is 0 Å². The molecule has 2 aromatic rings. The van der Waals surface area contributed by atoms with Crippen LogP contribution in [0.25, 0.3) is 0 Å². The molecule has 26 heavy (non-hydrogen) atoms. The highest BCUT2D eigenvalue weighted by Gasteiger charge is 2.42. The Bertz CT molecular complexity index is 814. The topological polar surface area (TPSA) is 89.2 Å². The summed E-state index contributed by atoms with van der Waals surface area (Å²) in [7, 11) is 1.56. The molecule has 0 unspecified atom stereocenters. The van der Waals surface area contributed by atoms with Crippen molar-refractivity contribution in [3.05, 3.63) is 47.9 Å². The molecule has 0 spiro atoms. The summed E-state index contributed by atoms with van der Waals surface area (Å²) in [5.74, 6) is 0.672. The minimum Gasteiger partial charge on any atom is -0.493 e. The smallest absolute Gasteiger partial charge is 0.311 e. The molecule has 1 aromatic heterocycles. The zero-order chi connectivity index (χ0) is 18.7. The standard InChI is InChI=1S/C19H21NO6/c1-19(18(22)23)9-10-20(12-19)17(21)16-8-7-13(26-16)11-25-15-6-4-3-5-14(15)24-2/h3-8H,9-12H2,1-2H3,(H,22,23)/t19-/m1/s1. The van der Waals surface area contributed by atoms with Gasteiger partial charge in [-0.25, -0.2) is 0 Å². The number of amides is 1. The van der Waals surface area contributed by atoms with Gasteiger partial charge in [0.15, 0.2) is 17.3 Å². The van der Waals surface area contributed by atoms with Gasteiger partial charge >= 0.3 is 5.97 Å². The number of furan rings is 1. The van der Waals surface area contributed by atoms with Crippen LogP contribution in [0.1, 0.15) is 29.7 Å². The highest BCUT2D eigenvalue weighted by atomic mass is 16.5. The molecule has 2 heterocycles. The van der Waals surface area contributed by atoms with Crippen LogP contribution < -0.4 is 9.47 Å². The average Bonchev–Trinajstić information content (AvgIpc) is 3.27. The third-order valence-electron chi connectivity index (χ3n) is 4.59. The van der Waals surface area contributed by atoms with Gasteiger partial charge in [0, 0.05) is 13.1 Å². The molecule has 1 N–H and O–H groups in total. The first-order valence-electron chi connectivity index (χ1n) is 8.30. The number of carbonyl (C=O) groups is 2. The fourth-order valence-corrected chi connectivity index (χ4v) is 2.92. The fraction of sp³-hybridized carbons (Fsp3) is 0.368. The first-order chi connectivity index (χ1) is 12.4. The summed E-state index contributed by atoms with van der Waals surface area (Å²) in [5.41, 5.74) is -0.905. The fourth-order valence-electron chi connectivity index (χ4n) is 2.92. The van der Waals surface area contributed by atoms with Gasteiger partial charge in [-0.3, -0.25) is 9.59 Å². The Kier molecular flexibility index (Phi) is 4.88. The number of aliphatic carboxylic acids is 1. The van der Waals surface area contributed by atoms with Crippen LogP contribution in [0.4, 0.5) is 0 Å². The van der Waals surface area contributed by atoms with Gasteiger partial charge in [-0.05, 0) is 37.6 Å². The summed E-state index contributed by atoms with van der Waals surface area (Å²) in [6, 6.07) is 10.5. The quantitative estimate of drug-likeness (QED) is 0.853. The molecule has 1 fully saturated rings. The van der Waals surface area contributed by atoms with Crippen molar-refractivity contribution in [1.29, 1.82) is 0 Å². The second-order valence-corrected chi connectivity index (χ2v) is 6.55. The average molecular weight is 359 g/mol. The Balaban J connectivity index is 1.63. The van der Waals surface area contributed by atoms with E-state index in [4.69, 9.17) is 13.9 Å². The molecule has 0 aliphatic carbocycles. The maximum Gasteiger partial charge on any atom is 0.311 e. The van der Waals surface area contributed by atoms with Crippen LogP contribution in [-0.2, 0) is 11.4 Å². The van der Waals surface area contributed by atoms with E-state index in [1.807, 2.05) is 12.1 Å². The number of carboxylic acids is 1. The minimum absolute atomic E-state index is 0.153. The summed E-state index contributed by atoms with van der Waals surface area (Å²) in [4.78, 5) is 25.4. The van der Waals surface area contributed by atoms with Gasteiger partial charge < -0.3 is 23.9 Å². The van der Waals surface area contributed by atoms with Crippen LogP contribution in [0, 0.1) is 5.41 Å². The number of benzene rings is 1. The zero-order valence-electron chi connectivity index (χ0n) is 14.7. The Labute approximate surface area is 151 Å². The summed E-state index contributed by atoms with van der Waals surface area (Å²) >= 11 is 0. The van der Waals surface area contributed by atoms with Crippen LogP contribution in [0.5, 0.6) is 11.5 Å². The Morgan fingerprint density at radius 2 is 1.96 bits per heavy atom. The van der Waals surface area contributed by atoms with Gasteiger partial charge in [0.1, 0.15) is 12.4 Å². The van der Waals surface area contributed by atoms with Crippen molar-refractivity contribution < 1.29 is 28.6 Å². The van der Waals surface area contributed by atoms with Gasteiger partial charge in [-0.2, -0.15) is 0 Å². The van der Waals surface area contributed by atoms with Crippen LogP contribution in [0.2, 0.25) is 0 Å². The summed E-state index contributed by atoms with van der Waals surface area (Å²) in [5, 5.41) is 9.28. The van der Waals surface area contributed by atoms with Crippen molar-refractivity contribution >= 4 is 11.9 Å². The molecular formula is C19H21NO6. The molecule has 0 radical (unpaired) electrons. The van der Waals surface area contributed by atoms with E-state index >= 15 is 0 Å². The lowest BCUT2D eigenvalue weighted by atomic mass is 9.90. The Morgan fingerprint density at radius 1 is 1.23 bits per heavy atom. The maximum atomic E-state index is 12.5. The molecule has 0 bridgehead atoms. The number of carbonyl (C=O) groups excluding carboxylic acids is 1. The normalized spacial score (nSPS) is 19.4. The van der Waals surface area contributed by atoms with Gasteiger partial charge in [0.2, 0.25) is 0 Å². The molecule has 1 aromatic carbocycles. The number of para-hydroxylation sites is 2. The minimum atomic E-state index is -0.905. The molecule has 3 rings (SSSR count). The van der Waals surface area contributed by atoms with Crippen molar-refractivity contribution in [2.75, 3.05) is 20.2 Å². The van der Waals surface area contributed by atoms with Gasteiger partial charge in [0.25, 0.3) is 5.91 Å². The number of likely N-dealkylation sites (tertiary alicyclic amines) is 1. The van der Waals surface area contributed by atoms with Crippen LogP contribution in [0.3, 0.4) is 0 Å². The number of ether oxygens (including phenoxy) is 2. The third kappa shape index (κ3) is 3.51. The van der Waals surface area contributed by atoms with E-state index in [0.29, 0.717) is 30.2 Å². The molecule has 7 nitrogen and oxygen atoms in total. The second-order valence-electron chi connectivity index (χ2n) is 6.55. The molecule has 1 aliphatic rings. The predicted molar refractivity (Wildman–Crippen MR) is 92.3 cm³/mol. The molecule has 1 aliphatic heterocycles. The summed E-state index contributed by atoms with van der Waals surface area (Å²) < 4.78 is 16.5. The lowest BCUT2D eigenvalue weighted by molar-refractivity contribution is -0.147. The van der Waals surface area contributed by atoms with Gasteiger partial charge in [-0.1, -0.05) is 12.1 Å². The van der Waals surface area contributed by atoms with E-state index in [9.17, 15) is 14.7 Å². The first kappa shape index (κ1) is 17.8. The van der Waals surface area contributed by atoms with E-state index < -0.39 is 11.4 Å². The lowest BCUT2D eigenvalue weighted by Crippen LogP contribution is -2.34. The summed E-state index contributed by atoms with van der Waals surface area (Å²) in [6.45, 7) is 2.38. The van der Waals surface area contributed by atoms with E-state index in [2.05, 4.69) is 0 Å². The monoisotopic (exact) mass is 359 g/mol. The zero-order valence-corrected chi connectivity index (χ0v) is 14.7.